The summed E-state index contributed by atoms with van der Waals surface area (Å²) in [4.78, 5) is 27.5. The van der Waals surface area contributed by atoms with Crippen LogP contribution in [0.1, 0.15) is 49.3 Å². The summed E-state index contributed by atoms with van der Waals surface area (Å²) < 4.78 is 16.2. The van der Waals surface area contributed by atoms with Gasteiger partial charge in [0.15, 0.2) is 23.0 Å². The van der Waals surface area contributed by atoms with Crippen LogP contribution < -0.4 is 4.74 Å². The van der Waals surface area contributed by atoms with E-state index in [1.54, 1.807) is 12.1 Å². The second-order valence-electron chi connectivity index (χ2n) is 9.24. The Labute approximate surface area is 195 Å². The van der Waals surface area contributed by atoms with E-state index in [2.05, 4.69) is 11.9 Å². The number of piperidine rings is 1. The molecular formula is C26H33NO6. The van der Waals surface area contributed by atoms with E-state index in [0.29, 0.717) is 24.5 Å². The normalized spacial score (nSPS) is 26.4. The Kier molecular flexibility index (Phi) is 6.52. The number of hydrogen-bond acceptors (Lipinski definition) is 7. The summed E-state index contributed by atoms with van der Waals surface area (Å²) in [6, 6.07) is 1.92. The Balaban J connectivity index is 1.83. The second kappa shape index (κ2) is 9.21. The number of aromatic hydroxyl groups is 1. The third kappa shape index (κ3) is 3.92. The molecule has 1 aliphatic heterocycles. The third-order valence-corrected chi connectivity index (χ3v) is 7.51. The van der Waals surface area contributed by atoms with Crippen molar-refractivity contribution in [1.29, 1.82) is 0 Å². The number of allylic oxidation sites excluding steroid dienone is 1. The zero-order valence-corrected chi connectivity index (χ0v) is 19.8. The highest BCUT2D eigenvalue weighted by Gasteiger charge is 2.57. The molecule has 2 aliphatic carbocycles. The molecule has 3 atom stereocenters. The zero-order chi connectivity index (χ0) is 23.8. The summed E-state index contributed by atoms with van der Waals surface area (Å²) in [6.07, 6.45) is 8.59. The molecule has 1 fully saturated rings. The average Bonchev–Trinajstić information content (AvgIpc) is 2.80. The molecule has 3 aliphatic rings. The number of likely N-dealkylation sites (tertiary alicyclic amines) is 1. The Morgan fingerprint density at radius 3 is 2.82 bits per heavy atom. The van der Waals surface area contributed by atoms with Gasteiger partial charge in [-0.1, -0.05) is 13.3 Å². The molecule has 0 amide bonds. The minimum Gasteiger partial charge on any atom is -0.504 e. The lowest BCUT2D eigenvalue weighted by molar-refractivity contribution is -0.137. The standard InChI is InChI=1S/C26H33NO6/c1-5-6-11-33-23(29)8-7-16-12-22(32-4)25(30)24-17(16)13-19-18-14-21(31-3)20(28)15-26(18,24)9-10-27(19)2/h7-8,12,14,18-19,30H,5-6,9-11,13,15H2,1-4H3/b8-7+/t18?,19-,26+/m0/s1. The number of carbonyl (C=O) groups is 2. The molecule has 0 aromatic heterocycles. The van der Waals surface area contributed by atoms with Crippen molar-refractivity contribution in [2.75, 3.05) is 34.4 Å². The molecule has 0 spiro atoms. The number of ketones is 1. The smallest absolute Gasteiger partial charge is 0.330 e. The van der Waals surface area contributed by atoms with Gasteiger partial charge in [0.05, 0.1) is 20.8 Å². The van der Waals surface area contributed by atoms with Gasteiger partial charge in [-0.2, -0.15) is 0 Å². The number of Topliss-reactive ketones (excluding diaryl/α,β-unsaturated/α-hetero) is 1. The van der Waals surface area contributed by atoms with Gasteiger partial charge in [0.1, 0.15) is 0 Å². The number of benzene rings is 1. The maximum Gasteiger partial charge on any atom is 0.330 e. The quantitative estimate of drug-likeness (QED) is 0.383. The number of carbonyl (C=O) groups excluding carboxylic acids is 2. The van der Waals surface area contributed by atoms with Crippen molar-refractivity contribution < 1.29 is 28.9 Å². The van der Waals surface area contributed by atoms with Crippen LogP contribution in [-0.4, -0.2) is 62.2 Å². The van der Waals surface area contributed by atoms with E-state index in [1.807, 2.05) is 13.0 Å². The molecule has 1 heterocycles. The molecule has 1 saturated heterocycles. The number of unbranched alkanes of at least 4 members (excludes halogenated alkanes) is 1. The molecule has 1 aromatic rings. The number of phenols is 1. The number of ether oxygens (including phenoxy) is 3. The van der Waals surface area contributed by atoms with Gasteiger partial charge in [0.25, 0.3) is 0 Å². The maximum absolute atomic E-state index is 13.0. The number of likely N-dealkylation sites (N-methyl/N-ethyl adjacent to an activating group) is 1. The fourth-order valence-electron chi connectivity index (χ4n) is 5.80. The van der Waals surface area contributed by atoms with Crippen LogP contribution in [0.2, 0.25) is 0 Å². The Morgan fingerprint density at radius 1 is 1.33 bits per heavy atom. The largest absolute Gasteiger partial charge is 0.504 e. The van der Waals surface area contributed by atoms with E-state index < -0.39 is 11.4 Å². The zero-order valence-electron chi connectivity index (χ0n) is 19.8. The minimum absolute atomic E-state index is 0.0326. The van der Waals surface area contributed by atoms with Crippen LogP contribution in [0.5, 0.6) is 11.5 Å². The van der Waals surface area contributed by atoms with Crippen molar-refractivity contribution in [3.63, 3.8) is 0 Å². The number of esters is 1. The van der Waals surface area contributed by atoms with Gasteiger partial charge in [-0.25, -0.2) is 4.79 Å². The summed E-state index contributed by atoms with van der Waals surface area (Å²) in [7, 11) is 5.14. The van der Waals surface area contributed by atoms with Crippen LogP contribution >= 0.6 is 0 Å². The van der Waals surface area contributed by atoms with Crippen molar-refractivity contribution in [2.45, 2.75) is 50.5 Å². The first kappa shape index (κ1) is 23.4. The minimum atomic E-state index is -0.535. The molecule has 1 aromatic carbocycles. The molecule has 4 rings (SSSR count). The molecule has 7 nitrogen and oxygen atoms in total. The fourth-order valence-corrected chi connectivity index (χ4v) is 5.80. The van der Waals surface area contributed by atoms with Gasteiger partial charge in [0.2, 0.25) is 0 Å². The summed E-state index contributed by atoms with van der Waals surface area (Å²) in [5.74, 6) is 0.414. The van der Waals surface area contributed by atoms with E-state index in [4.69, 9.17) is 14.2 Å². The number of nitrogens with zero attached hydrogens (tertiary/aromatic N) is 1. The molecule has 1 unspecified atom stereocenters. The highest BCUT2D eigenvalue weighted by molar-refractivity contribution is 5.96. The number of phenolic OH excluding ortho intramolecular Hbond substituents is 1. The Bertz CT molecular complexity index is 1010. The number of rotatable bonds is 7. The number of methoxy groups -OCH3 is 2. The van der Waals surface area contributed by atoms with E-state index >= 15 is 0 Å². The molecule has 1 N–H and O–H groups in total. The van der Waals surface area contributed by atoms with Gasteiger partial charge < -0.3 is 24.2 Å². The fraction of sp³-hybridized carbons (Fsp3) is 0.538. The molecule has 2 bridgehead atoms. The SMILES string of the molecule is CCCCOC(=O)/C=C/c1cc(OC)c(O)c2c1C[C@H]1C3C=C(OC)C(=O)C[C@@]23CCN1C. The monoisotopic (exact) mass is 455 g/mol. The van der Waals surface area contributed by atoms with Crippen LogP contribution in [0, 0.1) is 5.92 Å². The van der Waals surface area contributed by atoms with Gasteiger partial charge in [-0.15, -0.1) is 0 Å². The first-order valence-corrected chi connectivity index (χ1v) is 11.6. The van der Waals surface area contributed by atoms with Gasteiger partial charge >= 0.3 is 5.97 Å². The highest BCUT2D eigenvalue weighted by Crippen LogP contribution is 2.58. The topological polar surface area (TPSA) is 85.3 Å². The van der Waals surface area contributed by atoms with Crippen molar-refractivity contribution >= 4 is 17.8 Å². The van der Waals surface area contributed by atoms with E-state index in [0.717, 1.165) is 42.5 Å². The Morgan fingerprint density at radius 2 is 2.12 bits per heavy atom. The van der Waals surface area contributed by atoms with Gasteiger partial charge in [-0.3, -0.25) is 4.79 Å². The van der Waals surface area contributed by atoms with E-state index in [1.165, 1.54) is 20.3 Å². The van der Waals surface area contributed by atoms with E-state index in [9.17, 15) is 14.7 Å². The molecule has 7 heteroatoms. The predicted molar refractivity (Wildman–Crippen MR) is 124 cm³/mol. The van der Waals surface area contributed by atoms with Crippen LogP contribution in [0.4, 0.5) is 0 Å². The lowest BCUT2D eigenvalue weighted by Gasteiger charge is -2.56. The highest BCUT2D eigenvalue weighted by atomic mass is 16.5. The Hall–Kier alpha value is -2.80. The molecule has 0 saturated carbocycles. The van der Waals surface area contributed by atoms with Crippen LogP contribution in [-0.2, 0) is 30.9 Å². The van der Waals surface area contributed by atoms with Gasteiger partial charge in [0, 0.05) is 35.4 Å². The average molecular weight is 456 g/mol. The lowest BCUT2D eigenvalue weighted by Crippen LogP contribution is -2.60. The van der Waals surface area contributed by atoms with Gasteiger partial charge in [-0.05, 0) is 62.2 Å². The van der Waals surface area contributed by atoms with Crippen molar-refractivity contribution in [3.8, 4) is 11.5 Å². The third-order valence-electron chi connectivity index (χ3n) is 7.51. The van der Waals surface area contributed by atoms with Crippen LogP contribution in [0.25, 0.3) is 6.08 Å². The number of hydrogen-bond donors (Lipinski definition) is 1. The first-order chi connectivity index (χ1) is 15.9. The van der Waals surface area contributed by atoms with Crippen molar-refractivity contribution in [2.24, 2.45) is 5.92 Å². The second-order valence-corrected chi connectivity index (χ2v) is 9.24. The van der Waals surface area contributed by atoms with Crippen LogP contribution in [0.15, 0.2) is 24.0 Å². The molecule has 33 heavy (non-hydrogen) atoms. The molecule has 0 radical (unpaired) electrons. The van der Waals surface area contributed by atoms with Crippen molar-refractivity contribution in [3.05, 3.63) is 40.7 Å². The first-order valence-electron chi connectivity index (χ1n) is 11.6. The summed E-state index contributed by atoms with van der Waals surface area (Å²) >= 11 is 0. The molecular weight excluding hydrogens is 422 g/mol. The molecule has 178 valence electrons. The summed E-state index contributed by atoms with van der Waals surface area (Å²) in [5.41, 5.74) is 2.00. The van der Waals surface area contributed by atoms with E-state index in [-0.39, 0.29) is 29.9 Å². The summed E-state index contributed by atoms with van der Waals surface area (Å²) in [6.45, 7) is 3.26. The predicted octanol–water partition coefficient (Wildman–Crippen LogP) is 3.37. The van der Waals surface area contributed by atoms with Crippen molar-refractivity contribution in [1.82, 2.24) is 4.90 Å². The van der Waals surface area contributed by atoms with Crippen LogP contribution in [0.3, 0.4) is 0 Å². The summed E-state index contributed by atoms with van der Waals surface area (Å²) in [5, 5.41) is 11.3. The maximum atomic E-state index is 13.0. The number of fused-ring (bicyclic) bond motifs is 1. The lowest BCUT2D eigenvalue weighted by atomic mass is 9.53.